The molecule has 1 aromatic carbocycles. The van der Waals surface area contributed by atoms with Gasteiger partial charge in [-0.3, -0.25) is 9.36 Å². The number of halogens is 1. The Labute approximate surface area is 178 Å². The molecule has 1 aliphatic heterocycles. The van der Waals surface area contributed by atoms with Gasteiger partial charge in [-0.25, -0.2) is 0 Å². The second kappa shape index (κ2) is 8.92. The summed E-state index contributed by atoms with van der Waals surface area (Å²) in [6.45, 7) is 4.08. The quantitative estimate of drug-likeness (QED) is 0.571. The number of anilines is 1. The van der Waals surface area contributed by atoms with Gasteiger partial charge in [-0.05, 0) is 44.0 Å². The Hall–Kier alpha value is -2.45. The van der Waals surface area contributed by atoms with Crippen LogP contribution >= 0.6 is 23.4 Å². The van der Waals surface area contributed by atoms with Crippen LogP contribution in [0.25, 0.3) is 5.69 Å². The van der Waals surface area contributed by atoms with E-state index in [1.165, 1.54) is 11.8 Å². The zero-order chi connectivity index (χ0) is 20.2. The zero-order valence-corrected chi connectivity index (χ0v) is 17.6. The molecule has 1 unspecified atom stereocenters. The SMILES string of the molecule is CC(Sc1nnc(N2CCCC2)n1-c1ccccc1Cl)C(=O)NCc1ccco1. The molecule has 1 atom stereocenters. The first kappa shape index (κ1) is 19.8. The van der Waals surface area contributed by atoms with E-state index < -0.39 is 0 Å². The van der Waals surface area contributed by atoms with Gasteiger partial charge in [0.2, 0.25) is 11.9 Å². The molecule has 152 valence electrons. The number of amides is 1. The highest BCUT2D eigenvalue weighted by atomic mass is 35.5. The van der Waals surface area contributed by atoms with Crippen LogP contribution in [0.5, 0.6) is 0 Å². The van der Waals surface area contributed by atoms with Crippen LogP contribution in [-0.4, -0.2) is 39.0 Å². The van der Waals surface area contributed by atoms with E-state index in [-0.39, 0.29) is 11.2 Å². The van der Waals surface area contributed by atoms with Crippen molar-refractivity contribution in [2.45, 2.75) is 36.7 Å². The first-order valence-corrected chi connectivity index (χ1v) is 10.8. The van der Waals surface area contributed by atoms with Crippen molar-refractivity contribution >= 4 is 35.2 Å². The van der Waals surface area contributed by atoms with E-state index in [9.17, 15) is 4.79 Å². The Kier molecular flexibility index (Phi) is 6.10. The molecule has 1 saturated heterocycles. The van der Waals surface area contributed by atoms with Crippen LogP contribution in [0.2, 0.25) is 5.02 Å². The highest BCUT2D eigenvalue weighted by Gasteiger charge is 2.26. The van der Waals surface area contributed by atoms with Crippen molar-refractivity contribution in [1.29, 1.82) is 0 Å². The minimum absolute atomic E-state index is 0.0946. The normalized spacial score (nSPS) is 14.9. The van der Waals surface area contributed by atoms with Gasteiger partial charge in [-0.2, -0.15) is 0 Å². The van der Waals surface area contributed by atoms with Crippen LogP contribution in [0, 0.1) is 0 Å². The van der Waals surface area contributed by atoms with Crippen LogP contribution in [0.15, 0.2) is 52.2 Å². The van der Waals surface area contributed by atoms with Crippen LogP contribution < -0.4 is 10.2 Å². The first-order valence-electron chi connectivity index (χ1n) is 9.55. The molecule has 0 spiro atoms. The van der Waals surface area contributed by atoms with E-state index in [2.05, 4.69) is 20.4 Å². The van der Waals surface area contributed by atoms with E-state index in [0.29, 0.717) is 22.5 Å². The number of benzene rings is 1. The third-order valence-electron chi connectivity index (χ3n) is 4.77. The number of hydrogen-bond donors (Lipinski definition) is 1. The molecule has 0 bridgehead atoms. The average Bonchev–Trinajstić information content (AvgIpc) is 3.48. The predicted octanol–water partition coefficient (Wildman–Crippen LogP) is 3.91. The molecule has 1 N–H and O–H groups in total. The van der Waals surface area contributed by atoms with E-state index in [4.69, 9.17) is 16.0 Å². The number of nitrogens with zero attached hydrogens (tertiary/aromatic N) is 4. The van der Waals surface area contributed by atoms with Gasteiger partial charge in [-0.1, -0.05) is 35.5 Å². The molecule has 9 heteroatoms. The van der Waals surface area contributed by atoms with Crippen molar-refractivity contribution in [3.63, 3.8) is 0 Å². The second-order valence-corrected chi connectivity index (χ2v) is 8.54. The molecule has 7 nitrogen and oxygen atoms in total. The number of furan rings is 1. The van der Waals surface area contributed by atoms with Crippen molar-refractivity contribution < 1.29 is 9.21 Å². The first-order chi connectivity index (χ1) is 14.1. The number of nitrogens with one attached hydrogen (secondary N) is 1. The molecule has 29 heavy (non-hydrogen) atoms. The van der Waals surface area contributed by atoms with Gasteiger partial charge in [0.1, 0.15) is 5.76 Å². The van der Waals surface area contributed by atoms with Crippen LogP contribution in [0.1, 0.15) is 25.5 Å². The average molecular weight is 432 g/mol. The third kappa shape index (κ3) is 4.43. The molecule has 0 radical (unpaired) electrons. The molecule has 1 fully saturated rings. The van der Waals surface area contributed by atoms with Gasteiger partial charge < -0.3 is 14.6 Å². The summed E-state index contributed by atoms with van der Waals surface area (Å²) in [6.07, 6.45) is 3.85. The smallest absolute Gasteiger partial charge is 0.233 e. The maximum absolute atomic E-state index is 12.6. The molecule has 0 saturated carbocycles. The molecule has 0 aliphatic carbocycles. The van der Waals surface area contributed by atoms with Gasteiger partial charge in [0, 0.05) is 13.1 Å². The van der Waals surface area contributed by atoms with Crippen LogP contribution in [0.4, 0.5) is 5.95 Å². The molecule has 4 rings (SSSR count). The Balaban J connectivity index is 1.56. The van der Waals surface area contributed by atoms with Crippen molar-refractivity contribution in [1.82, 2.24) is 20.1 Å². The number of para-hydroxylation sites is 1. The van der Waals surface area contributed by atoms with Crippen molar-refractivity contribution in [3.05, 3.63) is 53.4 Å². The summed E-state index contributed by atoms with van der Waals surface area (Å²) in [4.78, 5) is 14.8. The Morgan fingerprint density at radius 3 is 2.76 bits per heavy atom. The Bertz CT molecular complexity index is 969. The lowest BCUT2D eigenvalue weighted by Crippen LogP contribution is -2.30. The Morgan fingerprint density at radius 2 is 2.03 bits per heavy atom. The van der Waals surface area contributed by atoms with E-state index in [1.807, 2.05) is 41.8 Å². The number of hydrogen-bond acceptors (Lipinski definition) is 6. The molecule has 3 heterocycles. The zero-order valence-electron chi connectivity index (χ0n) is 16.0. The third-order valence-corrected chi connectivity index (χ3v) is 6.13. The van der Waals surface area contributed by atoms with E-state index >= 15 is 0 Å². The maximum Gasteiger partial charge on any atom is 0.233 e. The largest absolute Gasteiger partial charge is 0.467 e. The molecule has 1 amide bonds. The molecular formula is C20H22ClN5O2S. The number of aromatic nitrogens is 3. The number of thioether (sulfide) groups is 1. The number of carbonyl (C=O) groups excluding carboxylic acids is 1. The lowest BCUT2D eigenvalue weighted by molar-refractivity contribution is -0.120. The molecular weight excluding hydrogens is 410 g/mol. The topological polar surface area (TPSA) is 76.2 Å². The van der Waals surface area contributed by atoms with Crippen LogP contribution in [-0.2, 0) is 11.3 Å². The standard InChI is InChI=1S/C20H22ClN5O2S/c1-14(18(27)22-13-15-7-6-12-28-15)29-20-24-23-19(25-10-4-5-11-25)26(20)17-9-3-2-8-16(17)21/h2-3,6-9,12,14H,4-5,10-11,13H2,1H3,(H,22,27). The maximum atomic E-state index is 12.6. The summed E-state index contributed by atoms with van der Waals surface area (Å²) in [6, 6.07) is 11.2. The fraction of sp³-hybridized carbons (Fsp3) is 0.350. The minimum atomic E-state index is -0.359. The summed E-state index contributed by atoms with van der Waals surface area (Å²) < 4.78 is 7.22. The Morgan fingerprint density at radius 1 is 1.24 bits per heavy atom. The van der Waals surface area contributed by atoms with Gasteiger partial charge in [-0.15, -0.1) is 10.2 Å². The van der Waals surface area contributed by atoms with Gasteiger partial charge in [0.25, 0.3) is 0 Å². The lowest BCUT2D eigenvalue weighted by atomic mass is 10.3. The highest BCUT2D eigenvalue weighted by Crippen LogP contribution is 2.33. The highest BCUT2D eigenvalue weighted by molar-refractivity contribution is 8.00. The van der Waals surface area contributed by atoms with Gasteiger partial charge in [0.15, 0.2) is 5.16 Å². The number of rotatable bonds is 7. The van der Waals surface area contributed by atoms with E-state index in [0.717, 1.165) is 37.6 Å². The minimum Gasteiger partial charge on any atom is -0.467 e. The summed E-state index contributed by atoms with van der Waals surface area (Å²) in [5.41, 5.74) is 0.812. The fourth-order valence-corrected chi connectivity index (χ4v) is 4.35. The summed E-state index contributed by atoms with van der Waals surface area (Å²) >= 11 is 7.84. The van der Waals surface area contributed by atoms with Crippen LogP contribution in [0.3, 0.4) is 0 Å². The van der Waals surface area contributed by atoms with Crippen molar-refractivity contribution in [2.24, 2.45) is 0 Å². The lowest BCUT2D eigenvalue weighted by Gasteiger charge is -2.19. The van der Waals surface area contributed by atoms with Gasteiger partial charge in [0.05, 0.1) is 28.8 Å². The van der Waals surface area contributed by atoms with E-state index in [1.54, 1.807) is 12.3 Å². The monoisotopic (exact) mass is 431 g/mol. The predicted molar refractivity (Wildman–Crippen MR) is 114 cm³/mol. The molecule has 1 aliphatic rings. The number of carbonyl (C=O) groups is 1. The van der Waals surface area contributed by atoms with Gasteiger partial charge >= 0.3 is 0 Å². The fourth-order valence-electron chi connectivity index (χ4n) is 3.25. The second-order valence-electron chi connectivity index (χ2n) is 6.82. The summed E-state index contributed by atoms with van der Waals surface area (Å²) in [5, 5.41) is 12.6. The van der Waals surface area contributed by atoms with Crippen molar-refractivity contribution in [2.75, 3.05) is 18.0 Å². The van der Waals surface area contributed by atoms with Crippen molar-refractivity contribution in [3.8, 4) is 5.69 Å². The molecule has 2 aromatic heterocycles. The summed E-state index contributed by atoms with van der Waals surface area (Å²) in [7, 11) is 0. The molecule has 3 aromatic rings. The summed E-state index contributed by atoms with van der Waals surface area (Å²) in [5.74, 6) is 1.38.